The summed E-state index contributed by atoms with van der Waals surface area (Å²) >= 11 is 0. The van der Waals surface area contributed by atoms with Crippen molar-refractivity contribution in [2.24, 2.45) is 0 Å². The molecule has 0 aliphatic rings. The summed E-state index contributed by atoms with van der Waals surface area (Å²) in [5.74, 6) is 3.65. The Hall–Kier alpha value is -19.8. The maximum atomic E-state index is 5.12. The second-order valence-corrected chi connectivity index (χ2v) is 36.0. The highest BCUT2D eigenvalue weighted by atomic mass is 15.2. The molecule has 0 N–H and O–H groups in total. The highest BCUT2D eigenvalue weighted by Crippen LogP contribution is 2.44. The van der Waals surface area contributed by atoms with Crippen LogP contribution in [0.15, 0.2) is 504 Å². The average molecular weight is 1840 g/mol. The third kappa shape index (κ3) is 14.6. The van der Waals surface area contributed by atoms with Gasteiger partial charge < -0.3 is 13.7 Å². The predicted molar refractivity (Wildman–Crippen MR) is 589 cm³/mol. The summed E-state index contributed by atoms with van der Waals surface area (Å²) in [6.07, 6.45) is 5.87. The van der Waals surface area contributed by atoms with E-state index in [4.69, 9.17) is 44.9 Å². The molecule has 15 heteroatoms. The van der Waals surface area contributed by atoms with Gasteiger partial charge in [-0.15, -0.1) is 0 Å². The van der Waals surface area contributed by atoms with E-state index >= 15 is 0 Å². The molecule has 0 atom stereocenters. The molecule has 0 bridgehead atoms. The summed E-state index contributed by atoms with van der Waals surface area (Å²) in [4.78, 5) is 45.3. The number of pyridine rings is 3. The molecule has 0 aliphatic heterocycles. The Morgan fingerprint density at radius 3 is 0.757 bits per heavy atom. The number of benzene rings is 18. The zero-order valence-electron chi connectivity index (χ0n) is 77.6. The van der Waals surface area contributed by atoms with Gasteiger partial charge in [0.05, 0.1) is 71.7 Å². The number of rotatable bonds is 14. The molecule has 11 heterocycles. The van der Waals surface area contributed by atoms with Gasteiger partial charge in [0, 0.05) is 129 Å². The largest absolute Gasteiger partial charge is 0.309 e. The van der Waals surface area contributed by atoms with Crippen LogP contribution in [0.3, 0.4) is 0 Å². The standard InChI is InChI=1S/2C44H28N6.C41H27N3/c1-4-14-29(15-5-1)42-46-43(30-16-6-2-7-17-30)48-44(47-42)50-37-22-12-10-20-34(37)35-25-24-31(26-39(35)50)32-27-40-41(45-28-32)36-21-11-13-23-38(36)49(40)33-18-8-3-9-19-33;1-4-13-29(14-5-1)41-46-42(30-15-6-2-7-16-30)48-44(47-41)50-38-21-11-10-19-34(38)35-24-22-32(28-40(35)50)31-23-25-36-37-20-12-26-45-43(37)49(39(36)27-31)33-17-8-3-9-18-33;1-3-11-28(12-4-1)29-19-22-33(23-20-29)43-37-17-9-7-15-34(37)35-24-21-30(25-39(35)43)31-26-40-41(42-27-31)36-16-8-10-18-38(36)44(40)32-13-5-2-6-14-32/h2*1-28H;1-27H. The Kier molecular flexibility index (Phi) is 20.5. The van der Waals surface area contributed by atoms with Crippen LogP contribution >= 0.6 is 0 Å². The van der Waals surface area contributed by atoms with E-state index in [0.717, 1.165) is 182 Å². The lowest BCUT2D eigenvalue weighted by molar-refractivity contribution is 0.953. The lowest BCUT2D eigenvalue weighted by Crippen LogP contribution is -2.06. The van der Waals surface area contributed by atoms with Crippen molar-refractivity contribution >= 4 is 131 Å². The van der Waals surface area contributed by atoms with Crippen LogP contribution in [0.5, 0.6) is 0 Å². The Bertz CT molecular complexity index is 9490. The number of fused-ring (bicyclic) bond motifs is 18. The number of nitrogens with zero attached hydrogens (tertiary/aromatic N) is 15. The first-order valence-electron chi connectivity index (χ1n) is 48.3. The van der Waals surface area contributed by atoms with Crippen LogP contribution in [-0.4, -0.2) is 72.3 Å². The van der Waals surface area contributed by atoms with E-state index in [2.05, 4.69) is 373 Å². The van der Waals surface area contributed by atoms with E-state index < -0.39 is 0 Å². The summed E-state index contributed by atoms with van der Waals surface area (Å²) in [5, 5.41) is 11.6. The van der Waals surface area contributed by atoms with Crippen molar-refractivity contribution in [1.29, 1.82) is 0 Å². The van der Waals surface area contributed by atoms with E-state index in [0.29, 0.717) is 35.2 Å². The predicted octanol–water partition coefficient (Wildman–Crippen LogP) is 31.5. The number of hydrogen-bond acceptors (Lipinski definition) is 9. The van der Waals surface area contributed by atoms with Crippen molar-refractivity contribution in [1.82, 2.24) is 72.3 Å². The molecule has 144 heavy (non-hydrogen) atoms. The summed E-state index contributed by atoms with van der Waals surface area (Å²) in [5.41, 5.74) is 32.2. The minimum atomic E-state index is 0.568. The molecule has 29 aromatic rings. The average Bonchev–Trinajstić information content (AvgIpc) is 1.59. The second kappa shape index (κ2) is 35.3. The first kappa shape index (κ1) is 83.6. The maximum absolute atomic E-state index is 5.12. The summed E-state index contributed by atoms with van der Waals surface area (Å²) in [7, 11) is 0. The first-order valence-corrected chi connectivity index (χ1v) is 48.3. The highest BCUT2D eigenvalue weighted by Gasteiger charge is 2.26. The normalized spacial score (nSPS) is 11.6. The molecule has 0 unspecified atom stereocenters. The minimum absolute atomic E-state index is 0.568. The molecule has 674 valence electrons. The maximum Gasteiger partial charge on any atom is 0.238 e. The van der Waals surface area contributed by atoms with Crippen LogP contribution in [0.4, 0.5) is 0 Å². The Morgan fingerprint density at radius 2 is 0.382 bits per heavy atom. The van der Waals surface area contributed by atoms with Crippen LogP contribution in [0.25, 0.3) is 256 Å². The SMILES string of the molecule is c1ccc(-c2ccc(-n3c4ccccc4c4ccc(-c5cnc6c7ccccc7n(-c7ccccc7)c6c5)cc43)cc2)cc1.c1ccc(-c2nc(-c3ccccc3)nc(-n3c4ccccc4c4ccc(-c5ccc6c7cccnc7n(-c7ccccc7)c6c5)cc43)n2)cc1.c1ccc(-c2nc(-c3ccccc3)nc(-n3c4ccccc4c4ccc(-c5cnc6c7ccccc7n(-c7ccccc7)c6c5)cc43)n2)cc1. The molecular weight excluding hydrogens is 1760 g/mol. The third-order valence-electron chi connectivity index (χ3n) is 27.6. The van der Waals surface area contributed by atoms with Crippen LogP contribution in [-0.2, 0) is 0 Å². The molecule has 0 saturated heterocycles. The fourth-order valence-electron chi connectivity index (χ4n) is 20.9. The number of para-hydroxylation sites is 8. The Morgan fingerprint density at radius 1 is 0.139 bits per heavy atom. The molecule has 18 aromatic carbocycles. The Balaban J connectivity index is 0.000000108. The van der Waals surface area contributed by atoms with Crippen molar-refractivity contribution in [2.75, 3.05) is 0 Å². The fourth-order valence-corrected chi connectivity index (χ4v) is 20.9. The molecule has 29 rings (SSSR count). The quantitative estimate of drug-likeness (QED) is 0.104. The smallest absolute Gasteiger partial charge is 0.238 e. The highest BCUT2D eigenvalue weighted by molar-refractivity contribution is 6.16. The molecule has 0 spiro atoms. The van der Waals surface area contributed by atoms with E-state index in [1.165, 1.54) is 38.3 Å². The van der Waals surface area contributed by atoms with Gasteiger partial charge in [-0.05, 0) is 161 Å². The molecule has 0 saturated carbocycles. The zero-order chi connectivity index (χ0) is 95.1. The summed E-state index contributed by atoms with van der Waals surface area (Å²) < 4.78 is 13.6. The van der Waals surface area contributed by atoms with Gasteiger partial charge in [0.2, 0.25) is 11.9 Å². The van der Waals surface area contributed by atoms with Crippen LogP contribution < -0.4 is 0 Å². The lowest BCUT2D eigenvalue weighted by Gasteiger charge is -2.11. The monoisotopic (exact) mass is 1840 g/mol. The van der Waals surface area contributed by atoms with E-state index in [-0.39, 0.29) is 0 Å². The van der Waals surface area contributed by atoms with Gasteiger partial charge in [-0.3, -0.25) is 23.7 Å². The van der Waals surface area contributed by atoms with Gasteiger partial charge >= 0.3 is 0 Å². The van der Waals surface area contributed by atoms with Crippen molar-refractivity contribution in [3.05, 3.63) is 504 Å². The Labute approximate surface area is 826 Å². The summed E-state index contributed by atoms with van der Waals surface area (Å²) in [6, 6.07) is 169. The van der Waals surface area contributed by atoms with Gasteiger partial charge in [-0.1, -0.05) is 358 Å². The van der Waals surface area contributed by atoms with Crippen molar-refractivity contribution in [2.45, 2.75) is 0 Å². The van der Waals surface area contributed by atoms with E-state index in [1.54, 1.807) is 0 Å². The first-order chi connectivity index (χ1) is 71.4. The van der Waals surface area contributed by atoms with Crippen LogP contribution in [0.2, 0.25) is 0 Å². The molecule has 11 aromatic heterocycles. The fraction of sp³-hybridized carbons (Fsp3) is 0. The third-order valence-corrected chi connectivity index (χ3v) is 27.6. The van der Waals surface area contributed by atoms with Gasteiger partial charge in [0.25, 0.3) is 0 Å². The van der Waals surface area contributed by atoms with Gasteiger partial charge in [-0.25, -0.2) is 15.0 Å². The van der Waals surface area contributed by atoms with Crippen molar-refractivity contribution < 1.29 is 0 Å². The molecule has 0 fully saturated rings. The molecular formula is C129H83N15. The molecule has 0 aliphatic carbocycles. The van der Waals surface area contributed by atoms with E-state index in [1.807, 2.05) is 158 Å². The summed E-state index contributed by atoms with van der Waals surface area (Å²) in [6.45, 7) is 0. The molecule has 0 amide bonds. The van der Waals surface area contributed by atoms with Crippen molar-refractivity contribution in [3.8, 4) is 125 Å². The van der Waals surface area contributed by atoms with Gasteiger partial charge in [0.1, 0.15) is 5.65 Å². The molecule has 0 radical (unpaired) electrons. The van der Waals surface area contributed by atoms with Crippen LogP contribution in [0, 0.1) is 0 Å². The minimum Gasteiger partial charge on any atom is -0.309 e. The van der Waals surface area contributed by atoms with Crippen molar-refractivity contribution in [3.63, 3.8) is 0 Å². The topological polar surface area (TPSA) is 146 Å². The van der Waals surface area contributed by atoms with Gasteiger partial charge in [0.15, 0.2) is 23.3 Å². The molecule has 15 nitrogen and oxygen atoms in total. The zero-order valence-corrected chi connectivity index (χ0v) is 77.6. The van der Waals surface area contributed by atoms with Gasteiger partial charge in [-0.2, -0.15) is 19.9 Å². The second-order valence-electron chi connectivity index (χ2n) is 36.0. The number of hydrogen-bond donors (Lipinski definition) is 0. The van der Waals surface area contributed by atoms with E-state index in [9.17, 15) is 0 Å². The lowest BCUT2D eigenvalue weighted by atomic mass is 10.0. The number of aromatic nitrogens is 15. The van der Waals surface area contributed by atoms with Crippen LogP contribution in [0.1, 0.15) is 0 Å².